The lowest BCUT2D eigenvalue weighted by Crippen LogP contribution is -2.19. The average Bonchev–Trinajstić information content (AvgIpc) is 3.17. The lowest BCUT2D eigenvalue weighted by molar-refractivity contribution is -0.148. The van der Waals surface area contributed by atoms with E-state index in [0.717, 1.165) is 38.9 Å². The van der Waals surface area contributed by atoms with Crippen LogP contribution in [0.1, 0.15) is 25.8 Å². The molecule has 2 N–H and O–H groups in total. The second kappa shape index (κ2) is 9.00. The fraction of sp³-hybridized carbons (Fsp3) is 0.240. The number of hydrogen-bond donors (Lipinski definition) is 2. The summed E-state index contributed by atoms with van der Waals surface area (Å²) in [5, 5.41) is 0. The molecule has 2 aromatic heterocycles. The molecule has 0 fully saturated rings. The maximum absolute atomic E-state index is 12.5. The molecule has 0 saturated carbocycles. The number of fused-ring (bicyclic) bond motifs is 1. The van der Waals surface area contributed by atoms with Gasteiger partial charge in [-0.3, -0.25) is 9.78 Å². The molecule has 1 unspecified atom stereocenters. The SMILES string of the molecule is CCOC(=O)C(CC)Cc1cc(-c2cccnc2)ccc1-c1ccc2[nH]c(=O)[nH]c2c1. The van der Waals surface area contributed by atoms with Crippen molar-refractivity contribution in [3.05, 3.63) is 77.0 Å². The van der Waals surface area contributed by atoms with Gasteiger partial charge in [-0.05, 0) is 65.8 Å². The largest absolute Gasteiger partial charge is 0.466 e. The number of benzene rings is 2. The summed E-state index contributed by atoms with van der Waals surface area (Å²) in [5.74, 6) is -0.396. The van der Waals surface area contributed by atoms with E-state index in [4.69, 9.17) is 4.74 Å². The molecular weight excluding hydrogens is 390 g/mol. The van der Waals surface area contributed by atoms with E-state index >= 15 is 0 Å². The molecule has 4 aromatic rings. The van der Waals surface area contributed by atoms with E-state index in [1.807, 2.05) is 50.4 Å². The van der Waals surface area contributed by atoms with E-state index in [2.05, 4.69) is 33.2 Å². The number of pyridine rings is 1. The molecule has 0 saturated heterocycles. The number of esters is 1. The van der Waals surface area contributed by atoms with Gasteiger partial charge in [-0.1, -0.05) is 37.3 Å². The van der Waals surface area contributed by atoms with Crippen LogP contribution in [-0.2, 0) is 16.0 Å². The molecular formula is C25H25N3O3. The van der Waals surface area contributed by atoms with Crippen molar-refractivity contribution in [2.45, 2.75) is 26.7 Å². The highest BCUT2D eigenvalue weighted by atomic mass is 16.5. The first-order valence-electron chi connectivity index (χ1n) is 10.5. The zero-order chi connectivity index (χ0) is 21.8. The van der Waals surface area contributed by atoms with Gasteiger partial charge in [0.25, 0.3) is 0 Å². The van der Waals surface area contributed by atoms with Crippen molar-refractivity contribution in [1.29, 1.82) is 0 Å². The molecule has 2 aromatic carbocycles. The van der Waals surface area contributed by atoms with Crippen molar-refractivity contribution in [3.8, 4) is 22.3 Å². The number of imidazole rings is 1. The molecule has 0 bridgehead atoms. The van der Waals surface area contributed by atoms with Gasteiger partial charge in [0, 0.05) is 12.4 Å². The molecule has 6 nitrogen and oxygen atoms in total. The van der Waals surface area contributed by atoms with Crippen LogP contribution in [0.4, 0.5) is 0 Å². The van der Waals surface area contributed by atoms with Gasteiger partial charge in [0.2, 0.25) is 0 Å². The van der Waals surface area contributed by atoms with Crippen LogP contribution < -0.4 is 5.69 Å². The van der Waals surface area contributed by atoms with Crippen molar-refractivity contribution >= 4 is 17.0 Å². The van der Waals surface area contributed by atoms with Crippen LogP contribution in [0, 0.1) is 5.92 Å². The molecule has 31 heavy (non-hydrogen) atoms. The Kier molecular flexibility index (Phi) is 5.98. The van der Waals surface area contributed by atoms with Gasteiger partial charge >= 0.3 is 11.7 Å². The first kappa shape index (κ1) is 20.6. The molecule has 0 spiro atoms. The van der Waals surface area contributed by atoms with Gasteiger partial charge < -0.3 is 14.7 Å². The van der Waals surface area contributed by atoms with E-state index in [0.29, 0.717) is 19.4 Å². The standard InChI is InChI=1S/C25H25N3O3/c1-3-16(24(29)31-4-2)12-20-13-17(19-6-5-11-26-15-19)7-9-21(20)18-8-10-22-23(14-18)28-25(30)27-22/h5-11,13-16H,3-4,12H2,1-2H3,(H2,27,28,30). The molecule has 6 heteroatoms. The third-order valence-electron chi connectivity index (χ3n) is 5.51. The lowest BCUT2D eigenvalue weighted by atomic mass is 9.88. The van der Waals surface area contributed by atoms with Crippen molar-refractivity contribution in [2.24, 2.45) is 5.92 Å². The van der Waals surface area contributed by atoms with E-state index in [9.17, 15) is 9.59 Å². The molecule has 0 aliphatic carbocycles. The smallest absolute Gasteiger partial charge is 0.323 e. The van der Waals surface area contributed by atoms with E-state index < -0.39 is 0 Å². The first-order chi connectivity index (χ1) is 15.1. The molecule has 2 heterocycles. The van der Waals surface area contributed by atoms with Crippen LogP contribution >= 0.6 is 0 Å². The Hall–Kier alpha value is -3.67. The van der Waals surface area contributed by atoms with Crippen LogP contribution in [0.25, 0.3) is 33.3 Å². The highest BCUT2D eigenvalue weighted by Gasteiger charge is 2.21. The van der Waals surface area contributed by atoms with Crippen LogP contribution in [0.2, 0.25) is 0 Å². The molecule has 4 rings (SSSR count). The molecule has 0 aliphatic heterocycles. The Labute approximate surface area is 180 Å². The fourth-order valence-corrected chi connectivity index (χ4v) is 3.88. The predicted octanol–water partition coefficient (Wildman–Crippen LogP) is 4.72. The Morgan fingerprint density at radius 1 is 1.00 bits per heavy atom. The van der Waals surface area contributed by atoms with Crippen LogP contribution in [0.5, 0.6) is 0 Å². The molecule has 0 amide bonds. The van der Waals surface area contributed by atoms with Gasteiger partial charge in [0.1, 0.15) is 0 Å². The van der Waals surface area contributed by atoms with Gasteiger partial charge in [-0.15, -0.1) is 0 Å². The third-order valence-corrected chi connectivity index (χ3v) is 5.51. The maximum atomic E-state index is 12.5. The number of aromatic amines is 2. The summed E-state index contributed by atoms with van der Waals surface area (Å²) >= 11 is 0. The number of H-pyrrole nitrogens is 2. The molecule has 158 valence electrons. The summed E-state index contributed by atoms with van der Waals surface area (Å²) in [4.78, 5) is 34.0. The summed E-state index contributed by atoms with van der Waals surface area (Å²) in [6.07, 6.45) is 4.84. The highest BCUT2D eigenvalue weighted by Crippen LogP contribution is 2.32. The minimum atomic E-state index is -0.229. The summed E-state index contributed by atoms with van der Waals surface area (Å²) in [5.41, 5.74) is 6.41. The van der Waals surface area contributed by atoms with Crippen LogP contribution in [-0.4, -0.2) is 27.5 Å². The summed E-state index contributed by atoms with van der Waals surface area (Å²) in [6, 6.07) is 16.0. The zero-order valence-electron chi connectivity index (χ0n) is 17.6. The number of aromatic nitrogens is 3. The molecule has 1 atom stereocenters. The summed E-state index contributed by atoms with van der Waals surface area (Å²) in [7, 11) is 0. The summed E-state index contributed by atoms with van der Waals surface area (Å²) in [6.45, 7) is 4.20. The summed E-state index contributed by atoms with van der Waals surface area (Å²) < 4.78 is 5.30. The first-order valence-corrected chi connectivity index (χ1v) is 10.5. The number of ether oxygens (including phenoxy) is 1. The van der Waals surface area contributed by atoms with Crippen molar-refractivity contribution < 1.29 is 9.53 Å². The van der Waals surface area contributed by atoms with Gasteiger partial charge in [-0.2, -0.15) is 0 Å². The Morgan fingerprint density at radius 3 is 2.55 bits per heavy atom. The van der Waals surface area contributed by atoms with Crippen molar-refractivity contribution in [2.75, 3.05) is 6.61 Å². The minimum absolute atomic E-state index is 0.173. The van der Waals surface area contributed by atoms with Gasteiger partial charge in [0.05, 0.1) is 23.6 Å². The Bertz CT molecular complexity index is 1260. The van der Waals surface area contributed by atoms with Crippen LogP contribution in [0.3, 0.4) is 0 Å². The van der Waals surface area contributed by atoms with Gasteiger partial charge in [0.15, 0.2) is 0 Å². The van der Waals surface area contributed by atoms with Crippen LogP contribution in [0.15, 0.2) is 65.7 Å². The second-order valence-electron chi connectivity index (χ2n) is 7.51. The zero-order valence-corrected chi connectivity index (χ0v) is 17.6. The quantitative estimate of drug-likeness (QED) is 0.428. The topological polar surface area (TPSA) is 87.8 Å². The number of rotatable bonds is 7. The Morgan fingerprint density at radius 2 is 1.81 bits per heavy atom. The number of carbonyl (C=O) groups is 1. The van der Waals surface area contributed by atoms with Gasteiger partial charge in [-0.25, -0.2) is 4.79 Å². The minimum Gasteiger partial charge on any atom is -0.466 e. The van der Waals surface area contributed by atoms with E-state index in [1.54, 1.807) is 6.20 Å². The fourth-order valence-electron chi connectivity index (χ4n) is 3.88. The monoisotopic (exact) mass is 415 g/mol. The Balaban J connectivity index is 1.80. The number of nitrogens with one attached hydrogen (secondary N) is 2. The average molecular weight is 415 g/mol. The molecule has 0 radical (unpaired) electrons. The number of carbonyl (C=O) groups excluding carboxylic acids is 1. The van der Waals surface area contributed by atoms with Crippen molar-refractivity contribution in [3.63, 3.8) is 0 Å². The lowest BCUT2D eigenvalue weighted by Gasteiger charge is -2.18. The molecule has 0 aliphatic rings. The van der Waals surface area contributed by atoms with E-state index in [1.165, 1.54) is 0 Å². The van der Waals surface area contributed by atoms with E-state index in [-0.39, 0.29) is 17.6 Å². The van der Waals surface area contributed by atoms with Crippen molar-refractivity contribution in [1.82, 2.24) is 15.0 Å². The highest BCUT2D eigenvalue weighted by molar-refractivity contribution is 5.84. The third kappa shape index (κ3) is 4.43. The maximum Gasteiger partial charge on any atom is 0.323 e. The second-order valence-corrected chi connectivity index (χ2v) is 7.51. The normalized spacial score (nSPS) is 12.1. The number of hydrogen-bond acceptors (Lipinski definition) is 4. The predicted molar refractivity (Wildman–Crippen MR) is 122 cm³/mol. The number of nitrogens with zero attached hydrogens (tertiary/aromatic N) is 1.